The second-order valence-corrected chi connectivity index (χ2v) is 11.4. The van der Waals surface area contributed by atoms with E-state index in [1.54, 1.807) is 0 Å². The predicted molar refractivity (Wildman–Crippen MR) is 148 cm³/mol. The Bertz CT molecular complexity index is 1790. The lowest BCUT2D eigenvalue weighted by Gasteiger charge is -2.19. The SMILES string of the molecule is CCCC[S+]([O-])c1cc(-c2cccc(-c3cc(C(F)(F)F)c(C#N)c(=O)n3Cc3ccc(F)cc3F)c2)cc(C(F)(F)F)c1. The first-order valence-corrected chi connectivity index (χ1v) is 14.4. The molecular formula is C31H22F8N2O2S. The van der Waals surface area contributed by atoms with Crippen LogP contribution in [-0.2, 0) is 30.1 Å². The number of hydrogen-bond donors (Lipinski definition) is 0. The summed E-state index contributed by atoms with van der Waals surface area (Å²) in [7, 11) is 0. The number of unbranched alkanes of at least 4 members (excludes halogenated alkanes) is 1. The zero-order chi connectivity index (χ0) is 32.4. The maximum Gasteiger partial charge on any atom is 0.417 e. The van der Waals surface area contributed by atoms with Gasteiger partial charge in [-0.25, -0.2) is 8.78 Å². The minimum absolute atomic E-state index is 0.0373. The topological polar surface area (TPSA) is 68.8 Å². The first kappa shape index (κ1) is 32.8. The normalized spacial score (nSPS) is 12.7. The average molecular weight is 639 g/mol. The molecule has 1 aromatic heterocycles. The molecule has 0 aliphatic carbocycles. The molecule has 44 heavy (non-hydrogen) atoms. The standard InChI is InChI=1S/C31H22F8N2O2S/c1-2-3-9-44(43)24-12-21(11-22(13-24)30(34,35)36)18-5-4-6-19(10-18)28-15-26(31(37,38)39)25(16-40)29(42)41(28)17-20-7-8-23(32)14-27(20)33/h4-8,10-15H,2-3,9,17H2,1H3. The van der Waals surface area contributed by atoms with Gasteiger partial charge in [-0.05, 0) is 58.6 Å². The lowest BCUT2D eigenvalue weighted by atomic mass is 9.98. The van der Waals surface area contributed by atoms with E-state index in [9.17, 15) is 49.7 Å². The number of pyridine rings is 1. The van der Waals surface area contributed by atoms with Gasteiger partial charge in [-0.1, -0.05) is 37.6 Å². The van der Waals surface area contributed by atoms with Crippen molar-refractivity contribution in [2.45, 2.75) is 43.6 Å². The molecule has 0 aliphatic heterocycles. The molecule has 1 heterocycles. The number of aromatic nitrogens is 1. The summed E-state index contributed by atoms with van der Waals surface area (Å²) in [5.74, 6) is -1.91. The number of hydrogen-bond acceptors (Lipinski definition) is 3. The minimum atomic E-state index is -5.14. The first-order chi connectivity index (χ1) is 20.6. The van der Waals surface area contributed by atoms with Crippen LogP contribution in [0.5, 0.6) is 0 Å². The maximum absolute atomic E-state index is 14.5. The zero-order valence-corrected chi connectivity index (χ0v) is 23.6. The summed E-state index contributed by atoms with van der Waals surface area (Å²) in [4.78, 5) is 13.2. The molecular weight excluding hydrogens is 616 g/mol. The van der Waals surface area contributed by atoms with E-state index in [0.29, 0.717) is 29.5 Å². The van der Waals surface area contributed by atoms with Crippen molar-refractivity contribution in [2.75, 3.05) is 5.75 Å². The summed E-state index contributed by atoms with van der Waals surface area (Å²) in [6, 6.07) is 12.3. The van der Waals surface area contributed by atoms with Gasteiger partial charge in [0.2, 0.25) is 0 Å². The van der Waals surface area contributed by atoms with E-state index in [0.717, 1.165) is 24.3 Å². The highest BCUT2D eigenvalue weighted by Gasteiger charge is 2.37. The van der Waals surface area contributed by atoms with Crippen LogP contribution in [0.2, 0.25) is 0 Å². The summed E-state index contributed by atoms with van der Waals surface area (Å²) in [5.41, 5.74) is -6.02. The van der Waals surface area contributed by atoms with Crippen LogP contribution in [0, 0.1) is 23.0 Å². The van der Waals surface area contributed by atoms with Crippen molar-refractivity contribution in [3.8, 4) is 28.5 Å². The van der Waals surface area contributed by atoms with Gasteiger partial charge >= 0.3 is 12.4 Å². The second kappa shape index (κ2) is 12.8. The fourth-order valence-corrected chi connectivity index (χ4v) is 5.81. The van der Waals surface area contributed by atoms with E-state index in [1.807, 2.05) is 6.92 Å². The van der Waals surface area contributed by atoms with E-state index in [-0.39, 0.29) is 32.9 Å². The van der Waals surface area contributed by atoms with Crippen molar-refractivity contribution in [1.82, 2.24) is 4.57 Å². The fourth-order valence-electron chi connectivity index (χ4n) is 4.51. The third-order valence-electron chi connectivity index (χ3n) is 6.73. The van der Waals surface area contributed by atoms with Crippen LogP contribution in [-0.4, -0.2) is 14.9 Å². The Morgan fingerprint density at radius 3 is 2.20 bits per heavy atom. The Morgan fingerprint density at radius 1 is 0.886 bits per heavy atom. The lowest BCUT2D eigenvalue weighted by Crippen LogP contribution is -2.29. The Morgan fingerprint density at radius 2 is 1.59 bits per heavy atom. The van der Waals surface area contributed by atoms with Crippen molar-refractivity contribution < 1.29 is 39.7 Å². The van der Waals surface area contributed by atoms with Crippen molar-refractivity contribution in [1.29, 1.82) is 5.26 Å². The van der Waals surface area contributed by atoms with E-state index >= 15 is 0 Å². The Hall–Kier alpha value is -4.15. The van der Waals surface area contributed by atoms with Gasteiger partial charge in [0.15, 0.2) is 4.90 Å². The number of alkyl halides is 6. The highest BCUT2D eigenvalue weighted by atomic mass is 32.2. The third-order valence-corrected chi connectivity index (χ3v) is 8.15. The minimum Gasteiger partial charge on any atom is -0.611 e. The molecule has 0 N–H and O–H groups in total. The number of rotatable bonds is 8. The lowest BCUT2D eigenvalue weighted by molar-refractivity contribution is -0.138. The van der Waals surface area contributed by atoms with E-state index < -0.39 is 69.7 Å². The summed E-state index contributed by atoms with van der Waals surface area (Å²) in [5, 5.41) is 9.41. The summed E-state index contributed by atoms with van der Waals surface area (Å²) in [6.45, 7) is 1.14. The number of nitriles is 1. The van der Waals surface area contributed by atoms with Crippen LogP contribution in [0.15, 0.2) is 76.4 Å². The monoisotopic (exact) mass is 638 g/mol. The fraction of sp³-hybridized carbons (Fsp3) is 0.226. The van der Waals surface area contributed by atoms with E-state index in [1.165, 1.54) is 36.4 Å². The quantitative estimate of drug-likeness (QED) is 0.144. The van der Waals surface area contributed by atoms with Crippen LogP contribution in [0.1, 0.15) is 42.0 Å². The van der Waals surface area contributed by atoms with Crippen LogP contribution in [0.4, 0.5) is 35.1 Å². The van der Waals surface area contributed by atoms with Gasteiger partial charge in [0.25, 0.3) is 5.56 Å². The highest BCUT2D eigenvalue weighted by Crippen LogP contribution is 2.37. The third kappa shape index (κ3) is 7.14. The summed E-state index contributed by atoms with van der Waals surface area (Å²) in [6.07, 6.45) is -8.78. The van der Waals surface area contributed by atoms with Gasteiger partial charge in [-0.2, -0.15) is 31.6 Å². The summed E-state index contributed by atoms with van der Waals surface area (Å²) < 4.78 is 125. The van der Waals surface area contributed by atoms with Gasteiger partial charge in [0.05, 0.1) is 23.4 Å². The molecule has 0 saturated carbocycles. The van der Waals surface area contributed by atoms with Crippen molar-refractivity contribution in [3.63, 3.8) is 0 Å². The van der Waals surface area contributed by atoms with Gasteiger partial charge < -0.3 is 9.12 Å². The number of benzene rings is 3. The molecule has 0 saturated heterocycles. The molecule has 4 rings (SSSR count). The first-order valence-electron chi connectivity index (χ1n) is 13.0. The second-order valence-electron chi connectivity index (χ2n) is 9.78. The molecule has 3 aromatic carbocycles. The van der Waals surface area contributed by atoms with Gasteiger partial charge in [-0.3, -0.25) is 4.79 Å². The molecule has 230 valence electrons. The molecule has 1 atom stereocenters. The highest BCUT2D eigenvalue weighted by molar-refractivity contribution is 7.91. The number of halogens is 8. The smallest absolute Gasteiger partial charge is 0.417 e. The molecule has 0 amide bonds. The van der Waals surface area contributed by atoms with Crippen molar-refractivity contribution in [3.05, 3.63) is 111 Å². The molecule has 0 aliphatic rings. The molecule has 0 spiro atoms. The van der Waals surface area contributed by atoms with Gasteiger partial charge in [0, 0.05) is 23.8 Å². The Kier molecular flexibility index (Phi) is 9.56. The predicted octanol–water partition coefficient (Wildman–Crippen LogP) is 8.33. The van der Waals surface area contributed by atoms with Gasteiger partial charge in [-0.15, -0.1) is 0 Å². The molecule has 0 fully saturated rings. The average Bonchev–Trinajstić information content (AvgIpc) is 2.96. The Balaban J connectivity index is 1.95. The van der Waals surface area contributed by atoms with Crippen molar-refractivity contribution in [2.24, 2.45) is 0 Å². The van der Waals surface area contributed by atoms with Crippen LogP contribution >= 0.6 is 0 Å². The van der Waals surface area contributed by atoms with E-state index in [2.05, 4.69) is 0 Å². The van der Waals surface area contributed by atoms with E-state index in [4.69, 9.17) is 0 Å². The van der Waals surface area contributed by atoms with Crippen LogP contribution < -0.4 is 5.56 Å². The van der Waals surface area contributed by atoms with Gasteiger partial charge in [0.1, 0.15) is 29.0 Å². The molecule has 4 nitrogen and oxygen atoms in total. The molecule has 4 aromatic rings. The molecule has 0 bridgehead atoms. The zero-order valence-electron chi connectivity index (χ0n) is 22.8. The molecule has 13 heteroatoms. The maximum atomic E-state index is 14.5. The van der Waals surface area contributed by atoms with Crippen LogP contribution in [0.25, 0.3) is 22.4 Å². The number of nitrogens with zero attached hydrogens (tertiary/aromatic N) is 2. The van der Waals surface area contributed by atoms with Crippen LogP contribution in [0.3, 0.4) is 0 Å². The Labute approximate surface area is 249 Å². The molecule has 0 radical (unpaired) electrons. The molecule has 1 unspecified atom stereocenters. The summed E-state index contributed by atoms with van der Waals surface area (Å²) >= 11 is -1.77. The van der Waals surface area contributed by atoms with Crippen molar-refractivity contribution >= 4 is 11.2 Å². The largest absolute Gasteiger partial charge is 0.611 e.